The highest BCUT2D eigenvalue weighted by atomic mass is 32.2. The summed E-state index contributed by atoms with van der Waals surface area (Å²) in [4.78, 5) is 35.9. The number of rotatable bonds is 4. The fourth-order valence-corrected chi connectivity index (χ4v) is 2.47. The Morgan fingerprint density at radius 1 is 1.30 bits per heavy atom. The van der Waals surface area contributed by atoms with Crippen LogP contribution in [0.2, 0.25) is 0 Å². The van der Waals surface area contributed by atoms with Gasteiger partial charge in [0.05, 0.1) is 24.0 Å². The van der Waals surface area contributed by atoms with E-state index in [9.17, 15) is 14.4 Å². The zero-order valence-corrected chi connectivity index (χ0v) is 12.1. The summed E-state index contributed by atoms with van der Waals surface area (Å²) in [5.41, 5.74) is 1.26. The zero-order chi connectivity index (χ0) is 14.7. The second-order valence-electron chi connectivity index (χ2n) is 4.69. The third kappa shape index (κ3) is 3.39. The fourth-order valence-electron chi connectivity index (χ4n) is 1.74. The number of ether oxygens (including phenoxy) is 1. The molecule has 0 saturated carbocycles. The van der Waals surface area contributed by atoms with Gasteiger partial charge in [-0.2, -0.15) is 0 Å². The number of carbonyl (C=O) groups is 3. The molecule has 106 valence electrons. The van der Waals surface area contributed by atoms with Crippen molar-refractivity contribution in [2.75, 3.05) is 5.75 Å². The summed E-state index contributed by atoms with van der Waals surface area (Å²) in [6.45, 7) is 3.81. The number of hydrogen-bond donors (Lipinski definition) is 0. The van der Waals surface area contributed by atoms with Crippen molar-refractivity contribution in [3.05, 3.63) is 35.4 Å². The molecule has 6 heteroatoms. The SMILES string of the molecule is CC(C)OC(=O)c1ccc(CN2C(=O)CSC2=O)cc1. The molecule has 2 amide bonds. The minimum atomic E-state index is -0.379. The number of carbonyl (C=O) groups excluding carboxylic acids is 3. The van der Waals surface area contributed by atoms with Gasteiger partial charge in [0, 0.05) is 0 Å². The highest BCUT2D eigenvalue weighted by Crippen LogP contribution is 2.21. The number of imide groups is 1. The van der Waals surface area contributed by atoms with Crippen molar-refractivity contribution in [3.63, 3.8) is 0 Å². The minimum absolute atomic E-state index is 0.168. The standard InChI is InChI=1S/C14H15NO4S/c1-9(2)19-13(17)11-5-3-10(4-6-11)7-15-12(16)8-20-14(15)18/h3-6,9H,7-8H2,1-2H3. The highest BCUT2D eigenvalue weighted by molar-refractivity contribution is 8.14. The van der Waals surface area contributed by atoms with Crippen LogP contribution in [0.3, 0.4) is 0 Å². The second kappa shape index (κ2) is 6.09. The Morgan fingerprint density at radius 3 is 2.45 bits per heavy atom. The molecule has 5 nitrogen and oxygen atoms in total. The maximum absolute atomic E-state index is 11.7. The minimum Gasteiger partial charge on any atom is -0.459 e. The lowest BCUT2D eigenvalue weighted by Gasteiger charge is -2.13. The Kier molecular flexibility index (Phi) is 4.44. The van der Waals surface area contributed by atoms with E-state index in [-0.39, 0.29) is 35.5 Å². The summed E-state index contributed by atoms with van der Waals surface area (Å²) in [6, 6.07) is 6.72. The molecule has 0 bridgehead atoms. The first-order chi connectivity index (χ1) is 9.47. The second-order valence-corrected chi connectivity index (χ2v) is 5.61. The van der Waals surface area contributed by atoms with Gasteiger partial charge < -0.3 is 4.74 Å². The first-order valence-electron chi connectivity index (χ1n) is 6.24. The van der Waals surface area contributed by atoms with Crippen molar-refractivity contribution in [1.29, 1.82) is 0 Å². The van der Waals surface area contributed by atoms with Crippen molar-refractivity contribution in [2.24, 2.45) is 0 Å². The van der Waals surface area contributed by atoms with Crippen LogP contribution in [-0.2, 0) is 16.1 Å². The number of esters is 1. The summed E-state index contributed by atoms with van der Waals surface area (Å²) < 4.78 is 5.08. The van der Waals surface area contributed by atoms with E-state index in [0.717, 1.165) is 17.3 Å². The molecule has 0 aliphatic carbocycles. The summed E-state index contributed by atoms with van der Waals surface area (Å²) in [5.74, 6) is -0.351. The van der Waals surface area contributed by atoms with Gasteiger partial charge in [0.25, 0.3) is 5.24 Å². The van der Waals surface area contributed by atoms with Crippen molar-refractivity contribution in [2.45, 2.75) is 26.5 Å². The van der Waals surface area contributed by atoms with Crippen LogP contribution >= 0.6 is 11.8 Å². The molecule has 1 aromatic carbocycles. The van der Waals surface area contributed by atoms with Crippen molar-refractivity contribution in [3.8, 4) is 0 Å². The van der Waals surface area contributed by atoms with Gasteiger partial charge in [0.15, 0.2) is 0 Å². The van der Waals surface area contributed by atoms with E-state index in [1.165, 1.54) is 4.90 Å². The smallest absolute Gasteiger partial charge is 0.338 e. The maximum atomic E-state index is 11.7. The lowest BCUT2D eigenvalue weighted by Crippen LogP contribution is -2.27. The molecule has 20 heavy (non-hydrogen) atoms. The molecule has 0 spiro atoms. The number of hydrogen-bond acceptors (Lipinski definition) is 5. The fraction of sp³-hybridized carbons (Fsp3) is 0.357. The molecule has 0 aromatic heterocycles. The van der Waals surface area contributed by atoms with E-state index in [1.807, 2.05) is 0 Å². The molecule has 1 aromatic rings. The van der Waals surface area contributed by atoms with E-state index in [2.05, 4.69) is 0 Å². The van der Waals surface area contributed by atoms with Crippen LogP contribution in [0.4, 0.5) is 4.79 Å². The highest BCUT2D eigenvalue weighted by Gasteiger charge is 2.29. The normalized spacial score (nSPS) is 15.1. The summed E-state index contributed by atoms with van der Waals surface area (Å²) >= 11 is 1.01. The molecule has 1 saturated heterocycles. The molecular formula is C14H15NO4S. The summed E-state index contributed by atoms with van der Waals surface area (Å²) in [6.07, 6.45) is -0.168. The number of amides is 2. The zero-order valence-electron chi connectivity index (χ0n) is 11.3. The quantitative estimate of drug-likeness (QED) is 0.798. The third-order valence-corrected chi connectivity index (χ3v) is 3.57. The number of thioether (sulfide) groups is 1. The maximum Gasteiger partial charge on any atom is 0.338 e. The molecule has 0 atom stereocenters. The Labute approximate surface area is 121 Å². The predicted octanol–water partition coefficient (Wildman–Crippen LogP) is 2.45. The Hall–Kier alpha value is -1.82. The van der Waals surface area contributed by atoms with Crippen molar-refractivity contribution >= 4 is 28.9 Å². The third-order valence-electron chi connectivity index (χ3n) is 2.71. The summed E-state index contributed by atoms with van der Waals surface area (Å²) in [5, 5.41) is -0.224. The first-order valence-corrected chi connectivity index (χ1v) is 7.23. The van der Waals surface area contributed by atoms with Gasteiger partial charge in [0.2, 0.25) is 5.91 Å². The van der Waals surface area contributed by atoms with Gasteiger partial charge in [-0.05, 0) is 31.5 Å². The Balaban J connectivity index is 2.03. The molecule has 0 unspecified atom stereocenters. The Bertz CT molecular complexity index is 523. The Morgan fingerprint density at radius 2 is 1.95 bits per heavy atom. The molecule has 1 aliphatic heterocycles. The number of benzene rings is 1. The average Bonchev–Trinajstić information content (AvgIpc) is 2.70. The van der Waals surface area contributed by atoms with E-state index in [0.29, 0.717) is 5.56 Å². The molecule has 0 N–H and O–H groups in total. The van der Waals surface area contributed by atoms with Crippen LogP contribution in [0.1, 0.15) is 29.8 Å². The van der Waals surface area contributed by atoms with Crippen LogP contribution in [0.25, 0.3) is 0 Å². The van der Waals surface area contributed by atoms with E-state index < -0.39 is 0 Å². The molecule has 1 fully saturated rings. The van der Waals surface area contributed by atoms with Crippen molar-refractivity contribution < 1.29 is 19.1 Å². The summed E-state index contributed by atoms with van der Waals surface area (Å²) in [7, 11) is 0. The molecule has 1 aliphatic rings. The van der Waals surface area contributed by atoms with Crippen LogP contribution in [-0.4, -0.2) is 33.9 Å². The van der Waals surface area contributed by atoms with Gasteiger partial charge >= 0.3 is 5.97 Å². The lowest BCUT2D eigenvalue weighted by molar-refractivity contribution is -0.125. The average molecular weight is 293 g/mol. The van der Waals surface area contributed by atoms with E-state index in [1.54, 1.807) is 38.1 Å². The van der Waals surface area contributed by atoms with Gasteiger partial charge in [0.1, 0.15) is 0 Å². The van der Waals surface area contributed by atoms with Gasteiger partial charge in [-0.3, -0.25) is 14.5 Å². The van der Waals surface area contributed by atoms with Crippen molar-refractivity contribution in [1.82, 2.24) is 4.90 Å². The number of nitrogens with zero attached hydrogens (tertiary/aromatic N) is 1. The van der Waals surface area contributed by atoms with Crippen LogP contribution in [0.5, 0.6) is 0 Å². The first kappa shape index (κ1) is 14.6. The topological polar surface area (TPSA) is 63.7 Å². The molecule has 1 heterocycles. The largest absolute Gasteiger partial charge is 0.459 e. The van der Waals surface area contributed by atoms with Crippen LogP contribution < -0.4 is 0 Å². The van der Waals surface area contributed by atoms with Gasteiger partial charge in [-0.1, -0.05) is 23.9 Å². The molecule has 2 rings (SSSR count). The van der Waals surface area contributed by atoms with Gasteiger partial charge in [-0.15, -0.1) is 0 Å². The predicted molar refractivity (Wildman–Crippen MR) is 75.4 cm³/mol. The lowest BCUT2D eigenvalue weighted by atomic mass is 10.1. The van der Waals surface area contributed by atoms with E-state index >= 15 is 0 Å². The molecule has 0 radical (unpaired) electrons. The van der Waals surface area contributed by atoms with Crippen LogP contribution in [0.15, 0.2) is 24.3 Å². The van der Waals surface area contributed by atoms with Crippen LogP contribution in [0, 0.1) is 0 Å². The monoisotopic (exact) mass is 293 g/mol. The van der Waals surface area contributed by atoms with Gasteiger partial charge in [-0.25, -0.2) is 4.79 Å². The molecular weight excluding hydrogens is 278 g/mol. The van der Waals surface area contributed by atoms with E-state index in [4.69, 9.17) is 4.74 Å².